The number of ether oxygens (including phenoxy) is 1. The highest BCUT2D eigenvalue weighted by atomic mass is 16.5. The van der Waals surface area contributed by atoms with Crippen LogP contribution in [0.1, 0.15) is 51.7 Å². The minimum Gasteiger partial charge on any atom is -0.466 e. The highest BCUT2D eigenvalue weighted by Crippen LogP contribution is 2.08. The van der Waals surface area contributed by atoms with Gasteiger partial charge in [-0.15, -0.1) is 0 Å². The van der Waals surface area contributed by atoms with Gasteiger partial charge in [-0.25, -0.2) is 0 Å². The van der Waals surface area contributed by atoms with Crippen LogP contribution in [0.3, 0.4) is 0 Å². The van der Waals surface area contributed by atoms with Crippen molar-refractivity contribution in [1.82, 2.24) is 10.1 Å². The molecule has 1 N–H and O–H groups in total. The monoisotopic (exact) mass is 353 g/mol. The maximum Gasteiger partial charge on any atom is 0.306 e. The molecule has 0 aliphatic carbocycles. The van der Waals surface area contributed by atoms with Gasteiger partial charge in [-0.1, -0.05) is 24.9 Å². The number of aromatic nitrogens is 1. The number of aryl methyl sites for hydroxylation is 1. The maximum absolute atomic E-state index is 12.3. The average molecular weight is 353 g/mol. The van der Waals surface area contributed by atoms with E-state index in [1.807, 2.05) is 0 Å². The van der Waals surface area contributed by atoms with E-state index in [1.54, 1.807) is 19.9 Å². The van der Waals surface area contributed by atoms with Crippen molar-refractivity contribution < 1.29 is 23.6 Å². The van der Waals surface area contributed by atoms with Crippen molar-refractivity contribution in [1.29, 1.82) is 0 Å². The topological polar surface area (TPSA) is 102 Å². The van der Waals surface area contributed by atoms with Gasteiger partial charge in [0.15, 0.2) is 5.82 Å². The fraction of sp³-hybridized carbons (Fsp3) is 0.647. The molecule has 0 saturated carbocycles. The molecule has 0 atom stereocenters. The third kappa shape index (κ3) is 8.32. The van der Waals surface area contributed by atoms with Gasteiger partial charge in [-0.05, 0) is 20.3 Å². The summed E-state index contributed by atoms with van der Waals surface area (Å²) in [6.45, 7) is 6.17. The summed E-state index contributed by atoms with van der Waals surface area (Å²) in [7, 11) is 0. The van der Waals surface area contributed by atoms with Gasteiger partial charge in [0.1, 0.15) is 5.76 Å². The van der Waals surface area contributed by atoms with Crippen LogP contribution in [-0.2, 0) is 19.1 Å². The zero-order valence-corrected chi connectivity index (χ0v) is 15.2. The van der Waals surface area contributed by atoms with E-state index in [2.05, 4.69) is 17.4 Å². The Morgan fingerprint density at radius 1 is 1.24 bits per heavy atom. The molecule has 1 aromatic rings. The summed E-state index contributed by atoms with van der Waals surface area (Å²) in [5.41, 5.74) is 0. The quantitative estimate of drug-likeness (QED) is 0.484. The van der Waals surface area contributed by atoms with Crippen LogP contribution in [-0.4, -0.2) is 47.5 Å². The number of rotatable bonds is 11. The lowest BCUT2D eigenvalue weighted by Gasteiger charge is -2.22. The van der Waals surface area contributed by atoms with Gasteiger partial charge in [0, 0.05) is 19.0 Å². The Balaban J connectivity index is 2.56. The first-order chi connectivity index (χ1) is 12.0. The first kappa shape index (κ1) is 20.7. The Labute approximate surface area is 147 Å². The number of amides is 2. The van der Waals surface area contributed by atoms with E-state index < -0.39 is 5.97 Å². The van der Waals surface area contributed by atoms with E-state index in [-0.39, 0.29) is 37.8 Å². The van der Waals surface area contributed by atoms with E-state index >= 15 is 0 Å². The molecular formula is C17H27N3O5. The van der Waals surface area contributed by atoms with Gasteiger partial charge >= 0.3 is 5.97 Å². The summed E-state index contributed by atoms with van der Waals surface area (Å²) in [6, 6.07) is 1.60. The van der Waals surface area contributed by atoms with Crippen LogP contribution >= 0.6 is 0 Å². The third-order valence-electron chi connectivity index (χ3n) is 3.46. The molecule has 25 heavy (non-hydrogen) atoms. The number of unbranched alkanes of at least 4 members (excludes halogenated alkanes) is 2. The number of hydrogen-bond acceptors (Lipinski definition) is 6. The second-order valence-corrected chi connectivity index (χ2v) is 5.70. The number of anilines is 1. The minimum absolute atomic E-state index is 0.0149. The van der Waals surface area contributed by atoms with Gasteiger partial charge in [-0.3, -0.25) is 14.4 Å². The van der Waals surface area contributed by atoms with Crippen molar-refractivity contribution in [3.63, 3.8) is 0 Å². The summed E-state index contributed by atoms with van der Waals surface area (Å²) in [5, 5.41) is 6.29. The molecule has 8 heteroatoms. The predicted molar refractivity (Wildman–Crippen MR) is 91.8 cm³/mol. The zero-order valence-electron chi connectivity index (χ0n) is 15.2. The number of nitrogens with zero attached hydrogens (tertiary/aromatic N) is 2. The number of hydrogen-bond donors (Lipinski definition) is 1. The highest BCUT2D eigenvalue weighted by Gasteiger charge is 2.19. The molecule has 1 aromatic heterocycles. The fourth-order valence-electron chi connectivity index (χ4n) is 2.23. The Morgan fingerprint density at radius 3 is 2.60 bits per heavy atom. The van der Waals surface area contributed by atoms with Crippen LogP contribution in [0.2, 0.25) is 0 Å². The Hall–Kier alpha value is -2.38. The Kier molecular flexibility index (Phi) is 9.28. The van der Waals surface area contributed by atoms with Crippen molar-refractivity contribution in [2.24, 2.45) is 0 Å². The number of nitrogens with one attached hydrogen (secondary N) is 1. The second kappa shape index (κ2) is 11.2. The predicted octanol–water partition coefficient (Wildman–Crippen LogP) is 2.28. The summed E-state index contributed by atoms with van der Waals surface area (Å²) >= 11 is 0. The number of carbonyl (C=O) groups excluding carboxylic acids is 3. The Bertz CT molecular complexity index is 570. The summed E-state index contributed by atoms with van der Waals surface area (Å²) in [5.74, 6) is -0.104. The standard InChI is InChI=1S/C17H27N3O5/c1-4-6-7-10-20(16(22)8-9-17(23)24-5-2)12-15(21)18-14-11-13(3)25-19-14/h11H,4-10,12H2,1-3H3,(H,18,19,21). The maximum atomic E-state index is 12.3. The minimum atomic E-state index is -0.410. The molecule has 0 bridgehead atoms. The van der Waals surface area contributed by atoms with E-state index in [1.165, 1.54) is 4.90 Å². The van der Waals surface area contributed by atoms with E-state index in [4.69, 9.17) is 9.26 Å². The SMILES string of the molecule is CCCCCN(CC(=O)Nc1cc(C)on1)C(=O)CCC(=O)OCC. The number of carbonyl (C=O) groups is 3. The van der Waals surface area contributed by atoms with Crippen molar-refractivity contribution in [3.8, 4) is 0 Å². The molecule has 1 rings (SSSR count). The molecule has 0 radical (unpaired) electrons. The van der Waals surface area contributed by atoms with Crippen LogP contribution < -0.4 is 5.32 Å². The van der Waals surface area contributed by atoms with Crippen LogP contribution in [0.4, 0.5) is 5.82 Å². The average Bonchev–Trinajstić information content (AvgIpc) is 2.97. The van der Waals surface area contributed by atoms with Gasteiger partial charge < -0.3 is 19.5 Å². The molecule has 0 spiro atoms. The normalized spacial score (nSPS) is 10.4. The Morgan fingerprint density at radius 2 is 2.00 bits per heavy atom. The molecule has 2 amide bonds. The van der Waals surface area contributed by atoms with Crippen molar-refractivity contribution in [2.75, 3.05) is 25.0 Å². The first-order valence-corrected chi connectivity index (χ1v) is 8.62. The van der Waals surface area contributed by atoms with Crippen LogP contribution in [0.15, 0.2) is 10.6 Å². The molecule has 0 fully saturated rings. The molecule has 0 saturated heterocycles. The number of esters is 1. The van der Waals surface area contributed by atoms with Gasteiger partial charge in [0.25, 0.3) is 0 Å². The summed E-state index contributed by atoms with van der Waals surface area (Å²) in [4.78, 5) is 37.3. The smallest absolute Gasteiger partial charge is 0.306 e. The van der Waals surface area contributed by atoms with Crippen LogP contribution in [0.5, 0.6) is 0 Å². The lowest BCUT2D eigenvalue weighted by atomic mass is 10.2. The van der Waals surface area contributed by atoms with Crippen LogP contribution in [0.25, 0.3) is 0 Å². The lowest BCUT2D eigenvalue weighted by molar-refractivity contribution is -0.145. The van der Waals surface area contributed by atoms with E-state index in [0.717, 1.165) is 19.3 Å². The van der Waals surface area contributed by atoms with Gasteiger partial charge in [0.05, 0.1) is 19.6 Å². The molecular weight excluding hydrogens is 326 g/mol. The van der Waals surface area contributed by atoms with Crippen molar-refractivity contribution in [2.45, 2.75) is 52.9 Å². The summed E-state index contributed by atoms with van der Waals surface area (Å²) < 4.78 is 9.71. The molecule has 0 aromatic carbocycles. The second-order valence-electron chi connectivity index (χ2n) is 5.70. The molecule has 1 heterocycles. The van der Waals surface area contributed by atoms with Crippen molar-refractivity contribution >= 4 is 23.6 Å². The molecule has 0 unspecified atom stereocenters. The first-order valence-electron chi connectivity index (χ1n) is 8.62. The third-order valence-corrected chi connectivity index (χ3v) is 3.46. The molecule has 0 aliphatic heterocycles. The molecule has 8 nitrogen and oxygen atoms in total. The van der Waals surface area contributed by atoms with Crippen LogP contribution in [0, 0.1) is 6.92 Å². The van der Waals surface area contributed by atoms with E-state index in [0.29, 0.717) is 18.1 Å². The fourth-order valence-corrected chi connectivity index (χ4v) is 2.23. The highest BCUT2D eigenvalue weighted by molar-refractivity contribution is 5.94. The molecule has 0 aliphatic rings. The summed E-state index contributed by atoms with van der Waals surface area (Å²) in [6.07, 6.45) is 2.82. The molecule has 140 valence electrons. The van der Waals surface area contributed by atoms with E-state index in [9.17, 15) is 14.4 Å². The largest absolute Gasteiger partial charge is 0.466 e. The van der Waals surface area contributed by atoms with Gasteiger partial charge in [0.2, 0.25) is 11.8 Å². The lowest BCUT2D eigenvalue weighted by Crippen LogP contribution is -2.39. The van der Waals surface area contributed by atoms with Gasteiger partial charge in [-0.2, -0.15) is 0 Å². The zero-order chi connectivity index (χ0) is 18.7. The van der Waals surface area contributed by atoms with Crippen molar-refractivity contribution in [3.05, 3.63) is 11.8 Å².